The van der Waals surface area contributed by atoms with Crippen LogP contribution in [0.3, 0.4) is 0 Å². The molecule has 1 aromatic carbocycles. The van der Waals surface area contributed by atoms with E-state index in [4.69, 9.17) is 17.0 Å². The lowest BCUT2D eigenvalue weighted by Gasteiger charge is -2.12. The van der Waals surface area contributed by atoms with E-state index in [2.05, 4.69) is 22.9 Å². The molecule has 1 unspecified atom stereocenters. The van der Waals surface area contributed by atoms with Gasteiger partial charge in [-0.05, 0) is 49.7 Å². The number of anilines is 1. The Hall–Kier alpha value is -1.99. The van der Waals surface area contributed by atoms with Crippen molar-refractivity contribution in [2.24, 2.45) is 0 Å². The van der Waals surface area contributed by atoms with Gasteiger partial charge in [-0.15, -0.1) is 0 Å². The van der Waals surface area contributed by atoms with Crippen LogP contribution >= 0.6 is 12.2 Å². The highest BCUT2D eigenvalue weighted by atomic mass is 32.1. The second-order valence-electron chi connectivity index (χ2n) is 6.39. The van der Waals surface area contributed by atoms with Crippen LogP contribution in [0, 0.1) is 0 Å². The number of carbonyl (C=O) groups is 2. The van der Waals surface area contributed by atoms with Gasteiger partial charge in [0.05, 0.1) is 6.10 Å². The highest BCUT2D eigenvalue weighted by molar-refractivity contribution is 7.80. The Kier molecular flexibility index (Phi) is 8.50. The maximum Gasteiger partial charge on any atom is 0.251 e. The van der Waals surface area contributed by atoms with E-state index in [1.54, 1.807) is 24.3 Å². The number of carbonyl (C=O) groups excluding carboxylic acids is 2. The van der Waals surface area contributed by atoms with E-state index in [1.165, 1.54) is 0 Å². The molecule has 142 valence electrons. The van der Waals surface area contributed by atoms with Crippen LogP contribution in [0.2, 0.25) is 0 Å². The van der Waals surface area contributed by atoms with Crippen molar-refractivity contribution in [2.45, 2.75) is 51.6 Å². The van der Waals surface area contributed by atoms with Gasteiger partial charge in [0.2, 0.25) is 5.91 Å². The van der Waals surface area contributed by atoms with E-state index in [-0.39, 0.29) is 23.0 Å². The number of amides is 2. The van der Waals surface area contributed by atoms with Crippen molar-refractivity contribution in [3.8, 4) is 0 Å². The third-order valence-electron chi connectivity index (χ3n) is 4.16. The Balaban J connectivity index is 1.80. The van der Waals surface area contributed by atoms with Gasteiger partial charge in [0.15, 0.2) is 5.11 Å². The van der Waals surface area contributed by atoms with Crippen molar-refractivity contribution in [2.75, 3.05) is 18.5 Å². The van der Waals surface area contributed by atoms with Gasteiger partial charge in [0.1, 0.15) is 0 Å². The minimum absolute atomic E-state index is 0.0959. The van der Waals surface area contributed by atoms with Gasteiger partial charge >= 0.3 is 0 Å². The van der Waals surface area contributed by atoms with Gasteiger partial charge in [-0.3, -0.25) is 9.59 Å². The standard InChI is InChI=1S/C19H27N3O3S/c1-2-3-4-10-17(23)22-19(26)21-15-8-5-7-14(12-15)18(24)20-13-16-9-6-11-25-16/h5,7-8,12,16H,2-4,6,9-11,13H2,1H3,(H,20,24)(H2,21,22,23,26). The van der Waals surface area contributed by atoms with Gasteiger partial charge in [0.25, 0.3) is 5.91 Å². The number of benzene rings is 1. The summed E-state index contributed by atoms with van der Waals surface area (Å²) < 4.78 is 5.50. The number of thiocarbonyl (C=S) groups is 1. The summed E-state index contributed by atoms with van der Waals surface area (Å²) >= 11 is 5.16. The number of unbranched alkanes of at least 4 members (excludes halogenated alkanes) is 2. The number of ether oxygens (including phenoxy) is 1. The minimum Gasteiger partial charge on any atom is -0.376 e. The molecule has 1 saturated heterocycles. The van der Waals surface area contributed by atoms with Crippen LogP contribution in [0.1, 0.15) is 55.8 Å². The lowest BCUT2D eigenvalue weighted by atomic mass is 10.1. The van der Waals surface area contributed by atoms with Crippen LogP contribution in [0.5, 0.6) is 0 Å². The van der Waals surface area contributed by atoms with Crippen LogP contribution in [0.4, 0.5) is 5.69 Å². The van der Waals surface area contributed by atoms with E-state index in [0.717, 1.165) is 38.7 Å². The Morgan fingerprint density at radius 1 is 1.31 bits per heavy atom. The summed E-state index contributed by atoms with van der Waals surface area (Å²) in [5.41, 5.74) is 1.19. The lowest BCUT2D eigenvalue weighted by molar-refractivity contribution is -0.119. The molecule has 7 heteroatoms. The van der Waals surface area contributed by atoms with Gasteiger partial charge in [-0.2, -0.15) is 0 Å². The van der Waals surface area contributed by atoms with Crippen LogP contribution in [0.15, 0.2) is 24.3 Å². The molecule has 1 heterocycles. The Morgan fingerprint density at radius 3 is 2.88 bits per heavy atom. The third kappa shape index (κ3) is 7.09. The zero-order valence-electron chi connectivity index (χ0n) is 15.2. The van der Waals surface area contributed by atoms with Crippen molar-refractivity contribution in [1.82, 2.24) is 10.6 Å². The molecule has 1 atom stereocenters. The first kappa shape index (κ1) is 20.3. The fourth-order valence-electron chi connectivity index (χ4n) is 2.74. The molecule has 0 saturated carbocycles. The Bertz CT molecular complexity index is 630. The first-order chi connectivity index (χ1) is 12.6. The smallest absolute Gasteiger partial charge is 0.251 e. The van der Waals surface area contributed by atoms with Crippen molar-refractivity contribution in [3.05, 3.63) is 29.8 Å². The Labute approximate surface area is 160 Å². The SMILES string of the molecule is CCCCCC(=O)NC(=S)Nc1cccc(C(=O)NCC2CCCO2)c1. The summed E-state index contributed by atoms with van der Waals surface area (Å²) in [7, 11) is 0. The molecule has 0 radical (unpaired) electrons. The van der Waals surface area contributed by atoms with E-state index in [0.29, 0.717) is 24.2 Å². The normalized spacial score (nSPS) is 16.1. The minimum atomic E-state index is -0.154. The molecule has 1 aliphatic heterocycles. The molecule has 3 N–H and O–H groups in total. The molecular weight excluding hydrogens is 350 g/mol. The molecule has 2 rings (SSSR count). The average Bonchev–Trinajstić information content (AvgIpc) is 3.13. The summed E-state index contributed by atoms with van der Waals surface area (Å²) in [5, 5.41) is 8.74. The van der Waals surface area contributed by atoms with Crippen LogP contribution < -0.4 is 16.0 Å². The van der Waals surface area contributed by atoms with E-state index in [1.807, 2.05) is 0 Å². The fraction of sp³-hybridized carbons (Fsp3) is 0.526. The van der Waals surface area contributed by atoms with Crippen molar-refractivity contribution < 1.29 is 14.3 Å². The second-order valence-corrected chi connectivity index (χ2v) is 6.79. The number of rotatable bonds is 8. The largest absolute Gasteiger partial charge is 0.376 e. The van der Waals surface area contributed by atoms with Crippen LogP contribution in [-0.4, -0.2) is 36.2 Å². The van der Waals surface area contributed by atoms with Crippen LogP contribution in [0.25, 0.3) is 0 Å². The van der Waals surface area contributed by atoms with Gasteiger partial charge < -0.3 is 20.7 Å². The highest BCUT2D eigenvalue weighted by Crippen LogP contribution is 2.13. The number of nitrogens with one attached hydrogen (secondary N) is 3. The molecule has 0 aliphatic carbocycles. The predicted molar refractivity (Wildman–Crippen MR) is 106 cm³/mol. The molecule has 2 amide bonds. The summed E-state index contributed by atoms with van der Waals surface area (Å²) in [6.45, 7) is 3.37. The van der Waals surface area contributed by atoms with E-state index >= 15 is 0 Å². The molecule has 1 aromatic rings. The fourth-order valence-corrected chi connectivity index (χ4v) is 2.97. The zero-order chi connectivity index (χ0) is 18.8. The Morgan fingerprint density at radius 2 is 2.15 bits per heavy atom. The van der Waals surface area contributed by atoms with Gasteiger partial charge in [0, 0.05) is 30.8 Å². The average molecular weight is 378 g/mol. The molecule has 26 heavy (non-hydrogen) atoms. The van der Waals surface area contributed by atoms with Crippen molar-refractivity contribution in [3.63, 3.8) is 0 Å². The van der Waals surface area contributed by atoms with E-state index < -0.39 is 0 Å². The topological polar surface area (TPSA) is 79.5 Å². The third-order valence-corrected chi connectivity index (χ3v) is 4.36. The monoisotopic (exact) mass is 377 g/mol. The maximum atomic E-state index is 12.3. The first-order valence-electron chi connectivity index (χ1n) is 9.19. The summed E-state index contributed by atoms with van der Waals surface area (Å²) in [4.78, 5) is 24.1. The molecular formula is C19H27N3O3S. The molecule has 1 fully saturated rings. The summed E-state index contributed by atoms with van der Waals surface area (Å²) in [6.07, 6.45) is 5.53. The molecule has 0 spiro atoms. The number of hydrogen-bond donors (Lipinski definition) is 3. The van der Waals surface area contributed by atoms with Gasteiger partial charge in [-0.25, -0.2) is 0 Å². The van der Waals surface area contributed by atoms with Crippen molar-refractivity contribution in [1.29, 1.82) is 0 Å². The highest BCUT2D eigenvalue weighted by Gasteiger charge is 2.16. The van der Waals surface area contributed by atoms with Crippen molar-refractivity contribution >= 4 is 34.8 Å². The first-order valence-corrected chi connectivity index (χ1v) is 9.60. The maximum absolute atomic E-state index is 12.3. The lowest BCUT2D eigenvalue weighted by Crippen LogP contribution is -2.34. The molecule has 6 nitrogen and oxygen atoms in total. The molecule has 1 aliphatic rings. The quantitative estimate of drug-likeness (QED) is 0.479. The van der Waals surface area contributed by atoms with Gasteiger partial charge in [-0.1, -0.05) is 25.8 Å². The molecule has 0 aromatic heterocycles. The second kappa shape index (κ2) is 10.9. The molecule has 0 bridgehead atoms. The summed E-state index contributed by atoms with van der Waals surface area (Å²) in [6, 6.07) is 7.02. The summed E-state index contributed by atoms with van der Waals surface area (Å²) in [5.74, 6) is -0.250. The van der Waals surface area contributed by atoms with E-state index in [9.17, 15) is 9.59 Å². The van der Waals surface area contributed by atoms with Crippen LogP contribution in [-0.2, 0) is 9.53 Å². The number of hydrogen-bond acceptors (Lipinski definition) is 4. The predicted octanol–water partition coefficient (Wildman–Crippen LogP) is 2.99. The zero-order valence-corrected chi connectivity index (χ0v) is 16.0.